The number of alkyl halides is 3. The maximum Gasteiger partial charge on any atom is 0.451 e. The van der Waals surface area contributed by atoms with Crippen molar-refractivity contribution < 1.29 is 32.2 Å². The molecule has 190 valence electrons. The summed E-state index contributed by atoms with van der Waals surface area (Å²) in [7, 11) is 0. The summed E-state index contributed by atoms with van der Waals surface area (Å²) in [5.41, 5.74) is 1.26. The quantitative estimate of drug-likeness (QED) is 0.455. The first kappa shape index (κ1) is 25.5. The van der Waals surface area contributed by atoms with Crippen molar-refractivity contribution in [2.24, 2.45) is 0 Å². The first-order valence-corrected chi connectivity index (χ1v) is 11.7. The fourth-order valence-corrected chi connectivity index (χ4v) is 4.08. The van der Waals surface area contributed by atoms with E-state index in [2.05, 4.69) is 25.6 Å². The molecule has 2 aromatic heterocycles. The Morgan fingerprint density at radius 3 is 2.61 bits per heavy atom. The minimum Gasteiger partial charge on any atom is -0.492 e. The summed E-state index contributed by atoms with van der Waals surface area (Å²) in [5, 5.41) is 6.46. The molecule has 1 aliphatic rings. The number of benzene rings is 1. The van der Waals surface area contributed by atoms with Crippen LogP contribution in [0.2, 0.25) is 0 Å². The molecule has 3 aromatic rings. The Kier molecular flexibility index (Phi) is 7.50. The van der Waals surface area contributed by atoms with E-state index in [0.29, 0.717) is 21.9 Å². The third kappa shape index (κ3) is 6.34. The van der Waals surface area contributed by atoms with Crippen LogP contribution in [0.1, 0.15) is 39.6 Å². The van der Waals surface area contributed by atoms with Gasteiger partial charge in [-0.15, -0.1) is 11.3 Å². The van der Waals surface area contributed by atoms with Crippen LogP contribution in [0.3, 0.4) is 0 Å². The third-order valence-corrected chi connectivity index (χ3v) is 6.20. The predicted octanol–water partition coefficient (Wildman–Crippen LogP) is 3.31. The number of nitrogens with zero attached hydrogens (tertiary/aromatic N) is 3. The number of esters is 1. The molecule has 1 amide bonds. The second-order valence-electron chi connectivity index (χ2n) is 8.13. The number of hydrogen-bond donors (Lipinski definition) is 2. The molecule has 4 rings (SSSR count). The largest absolute Gasteiger partial charge is 0.492 e. The van der Waals surface area contributed by atoms with E-state index in [9.17, 15) is 22.8 Å². The number of rotatable bonds is 7. The van der Waals surface area contributed by atoms with Crippen molar-refractivity contribution in [3.05, 3.63) is 58.6 Å². The van der Waals surface area contributed by atoms with Crippen LogP contribution < -0.4 is 15.4 Å². The summed E-state index contributed by atoms with van der Waals surface area (Å²) in [5.74, 6) is -1.64. The van der Waals surface area contributed by atoms with E-state index in [1.807, 2.05) is 6.92 Å². The monoisotopic (exact) mass is 521 g/mol. The van der Waals surface area contributed by atoms with E-state index in [1.165, 1.54) is 11.3 Å². The minimum atomic E-state index is -4.65. The lowest BCUT2D eigenvalue weighted by atomic mass is 10.1. The molecule has 1 aromatic carbocycles. The third-order valence-electron chi connectivity index (χ3n) is 5.24. The van der Waals surface area contributed by atoms with Crippen LogP contribution >= 0.6 is 11.3 Å². The van der Waals surface area contributed by atoms with Crippen LogP contribution in [0, 0.1) is 6.92 Å². The van der Waals surface area contributed by atoms with Gasteiger partial charge in [-0.2, -0.15) is 13.2 Å². The number of aromatic nitrogens is 3. The standard InChI is InChI=1S/C23H22F3N5O4S/c1-12-6-28-21(36-12)15-3-14(4-18(5-15)34-10-17-11-35-19(32)9-27-17)20(33)31-13(2)16-7-29-22(30-8-16)23(24,25)26/h3-8,13,17,27H,9-11H2,1-2H3,(H,31,33)/t13-,17-/m1/s1. The number of amides is 1. The van der Waals surface area contributed by atoms with Crippen LogP contribution in [0.25, 0.3) is 10.6 Å². The normalized spacial score (nSPS) is 16.8. The summed E-state index contributed by atoms with van der Waals surface area (Å²) in [6.45, 7) is 3.99. The summed E-state index contributed by atoms with van der Waals surface area (Å²) >= 11 is 1.45. The molecule has 36 heavy (non-hydrogen) atoms. The number of carbonyl (C=O) groups is 2. The number of ether oxygens (including phenoxy) is 2. The molecule has 0 aliphatic carbocycles. The molecule has 0 unspecified atom stereocenters. The van der Waals surface area contributed by atoms with Gasteiger partial charge in [-0.05, 0) is 32.0 Å². The summed E-state index contributed by atoms with van der Waals surface area (Å²) in [6.07, 6.45) is -0.854. The number of morpholine rings is 1. The van der Waals surface area contributed by atoms with Gasteiger partial charge in [0.15, 0.2) is 0 Å². The molecule has 13 heteroatoms. The number of hydrogen-bond acceptors (Lipinski definition) is 9. The SMILES string of the molecule is Cc1cnc(-c2cc(OC[C@@H]3COC(=O)CN3)cc(C(=O)N[C@H](C)c3cnc(C(F)(F)F)nc3)c2)s1. The van der Waals surface area contributed by atoms with Crippen LogP contribution in [0.4, 0.5) is 13.2 Å². The number of nitrogens with one attached hydrogen (secondary N) is 2. The first-order valence-electron chi connectivity index (χ1n) is 10.9. The van der Waals surface area contributed by atoms with Crippen molar-refractivity contribution in [1.82, 2.24) is 25.6 Å². The first-order chi connectivity index (χ1) is 17.1. The molecule has 1 fully saturated rings. The van der Waals surface area contributed by atoms with Gasteiger partial charge >= 0.3 is 12.1 Å². The fourth-order valence-electron chi connectivity index (χ4n) is 3.33. The Bertz CT molecular complexity index is 1240. The van der Waals surface area contributed by atoms with Gasteiger partial charge in [0.25, 0.3) is 5.91 Å². The number of thiazole rings is 1. The van der Waals surface area contributed by atoms with Crippen molar-refractivity contribution in [1.29, 1.82) is 0 Å². The predicted molar refractivity (Wildman–Crippen MR) is 123 cm³/mol. The maximum atomic E-state index is 13.1. The molecular formula is C23H22F3N5O4S. The lowest BCUT2D eigenvalue weighted by molar-refractivity contribution is -0.147. The van der Waals surface area contributed by atoms with E-state index >= 15 is 0 Å². The molecule has 0 spiro atoms. The van der Waals surface area contributed by atoms with Crippen LogP contribution in [-0.4, -0.2) is 52.6 Å². The van der Waals surface area contributed by atoms with E-state index in [0.717, 1.165) is 17.3 Å². The molecule has 0 radical (unpaired) electrons. The Hall–Kier alpha value is -3.58. The highest BCUT2D eigenvalue weighted by atomic mass is 32.1. The Morgan fingerprint density at radius 2 is 2.00 bits per heavy atom. The smallest absolute Gasteiger partial charge is 0.451 e. The molecule has 1 aliphatic heterocycles. The second-order valence-corrected chi connectivity index (χ2v) is 9.36. The van der Waals surface area contributed by atoms with E-state index in [-0.39, 0.29) is 37.3 Å². The van der Waals surface area contributed by atoms with Crippen LogP contribution in [0.5, 0.6) is 5.75 Å². The highest BCUT2D eigenvalue weighted by Gasteiger charge is 2.34. The maximum absolute atomic E-state index is 13.1. The van der Waals surface area contributed by atoms with E-state index in [4.69, 9.17) is 9.47 Å². The lowest BCUT2D eigenvalue weighted by Crippen LogP contribution is -2.47. The molecule has 9 nitrogen and oxygen atoms in total. The van der Waals surface area contributed by atoms with Crippen molar-refractivity contribution in [2.75, 3.05) is 19.8 Å². The van der Waals surface area contributed by atoms with E-state index < -0.39 is 23.9 Å². The summed E-state index contributed by atoms with van der Waals surface area (Å²) in [6, 6.07) is 4.12. The minimum absolute atomic E-state index is 0.0890. The zero-order valence-corrected chi connectivity index (χ0v) is 20.1. The highest BCUT2D eigenvalue weighted by molar-refractivity contribution is 7.14. The van der Waals surface area contributed by atoms with Crippen molar-refractivity contribution in [3.63, 3.8) is 0 Å². The number of aryl methyl sites for hydroxylation is 1. The van der Waals surface area contributed by atoms with Crippen LogP contribution in [0.15, 0.2) is 36.8 Å². The van der Waals surface area contributed by atoms with E-state index in [1.54, 1.807) is 31.3 Å². The van der Waals surface area contributed by atoms with Gasteiger partial charge in [0, 0.05) is 40.2 Å². The molecule has 2 N–H and O–H groups in total. The summed E-state index contributed by atoms with van der Waals surface area (Å²) in [4.78, 5) is 36.3. The summed E-state index contributed by atoms with van der Waals surface area (Å²) < 4.78 is 49.1. The second kappa shape index (κ2) is 10.6. The van der Waals surface area contributed by atoms with Gasteiger partial charge in [-0.25, -0.2) is 15.0 Å². The Morgan fingerprint density at radius 1 is 1.25 bits per heavy atom. The van der Waals surface area contributed by atoms with Crippen molar-refractivity contribution in [3.8, 4) is 16.3 Å². The van der Waals surface area contributed by atoms with Crippen LogP contribution in [-0.2, 0) is 15.7 Å². The molecule has 0 saturated carbocycles. The van der Waals surface area contributed by atoms with Crippen molar-refractivity contribution >= 4 is 23.2 Å². The topological polar surface area (TPSA) is 115 Å². The van der Waals surface area contributed by atoms with Gasteiger partial charge < -0.3 is 14.8 Å². The zero-order valence-electron chi connectivity index (χ0n) is 19.3. The zero-order chi connectivity index (χ0) is 25.9. The number of cyclic esters (lactones) is 1. The van der Waals surface area contributed by atoms with Crippen molar-refractivity contribution in [2.45, 2.75) is 32.1 Å². The van der Waals surface area contributed by atoms with Gasteiger partial charge in [-0.1, -0.05) is 0 Å². The highest BCUT2D eigenvalue weighted by Crippen LogP contribution is 2.30. The average Bonchev–Trinajstić information content (AvgIpc) is 3.29. The fraction of sp³-hybridized carbons (Fsp3) is 0.348. The Labute approximate surface area is 208 Å². The lowest BCUT2D eigenvalue weighted by Gasteiger charge is -2.23. The average molecular weight is 522 g/mol. The molecular weight excluding hydrogens is 499 g/mol. The van der Waals surface area contributed by atoms with Gasteiger partial charge in [0.2, 0.25) is 5.82 Å². The van der Waals surface area contributed by atoms with Gasteiger partial charge in [0.1, 0.15) is 24.0 Å². The van der Waals surface area contributed by atoms with Gasteiger partial charge in [-0.3, -0.25) is 14.9 Å². The number of carbonyl (C=O) groups excluding carboxylic acids is 2. The molecule has 2 atom stereocenters. The molecule has 3 heterocycles. The van der Waals surface area contributed by atoms with Gasteiger partial charge in [0.05, 0.1) is 18.6 Å². The molecule has 0 bridgehead atoms. The number of halogens is 3. The molecule has 1 saturated heterocycles. The Balaban J connectivity index is 1.52.